The molecule has 7 rings (SSSR count). The average molecular weight is 571 g/mol. The Balaban J connectivity index is 1.55. The molecule has 1 amide bonds. The van der Waals surface area contributed by atoms with E-state index in [0.717, 1.165) is 16.7 Å². The zero-order valence-electron chi connectivity index (χ0n) is 24.0. The van der Waals surface area contributed by atoms with E-state index in [9.17, 15) is 9.59 Å². The second-order valence-electron chi connectivity index (χ2n) is 11.2. The highest BCUT2D eigenvalue weighted by atomic mass is 16.5. The van der Waals surface area contributed by atoms with Crippen LogP contribution in [0.5, 0.6) is 11.5 Å². The number of hydrogen-bond donors (Lipinski definition) is 1. The topological polar surface area (TPSA) is 84.9 Å². The summed E-state index contributed by atoms with van der Waals surface area (Å²) in [6.45, 7) is 1.96. The first kappa shape index (κ1) is 26.7. The molecule has 214 valence electrons. The van der Waals surface area contributed by atoms with Crippen molar-refractivity contribution in [3.05, 3.63) is 131 Å². The molecule has 7 heteroatoms. The number of rotatable bonds is 6. The number of benzene rings is 4. The maximum absolute atomic E-state index is 15.1. The standard InChI is InChI=1S/C36H30N2O5/c1-21-12-14-23(15-13-21)32(39)31-30(33(40)26-20-24(42-2)16-17-29(26)43-3)36(27-10-6-7-11-28(27)37-35(36)41)34-25-9-5-4-8-22(25)18-19-38(31)34/h4-20,30-31,34H,1-3H3,(H,37,41)/t30-,31+,34+,36+/m0/s1. The first-order valence-corrected chi connectivity index (χ1v) is 14.2. The highest BCUT2D eigenvalue weighted by molar-refractivity contribution is 6.17. The molecule has 43 heavy (non-hydrogen) atoms. The number of fused-ring (bicyclic) bond motifs is 6. The van der Waals surface area contributed by atoms with Crippen molar-refractivity contribution in [3.8, 4) is 11.5 Å². The molecule has 3 aliphatic heterocycles. The van der Waals surface area contributed by atoms with Crippen LogP contribution in [0.15, 0.2) is 97.2 Å². The van der Waals surface area contributed by atoms with Crippen LogP contribution in [0.1, 0.15) is 49.0 Å². The summed E-state index contributed by atoms with van der Waals surface area (Å²) in [5.74, 6) is -1.21. The number of ether oxygens (including phenoxy) is 2. The first-order chi connectivity index (χ1) is 20.9. The molecule has 4 atom stereocenters. The van der Waals surface area contributed by atoms with Crippen LogP contribution < -0.4 is 14.8 Å². The molecule has 0 bridgehead atoms. The van der Waals surface area contributed by atoms with Gasteiger partial charge in [-0.1, -0.05) is 72.3 Å². The fraction of sp³-hybridized carbons (Fsp3) is 0.194. The van der Waals surface area contributed by atoms with Gasteiger partial charge in [-0.05, 0) is 54.0 Å². The quantitative estimate of drug-likeness (QED) is 0.287. The van der Waals surface area contributed by atoms with E-state index in [-0.39, 0.29) is 23.0 Å². The van der Waals surface area contributed by atoms with Crippen LogP contribution in [0.25, 0.3) is 6.08 Å². The lowest BCUT2D eigenvalue weighted by Gasteiger charge is -2.38. The van der Waals surface area contributed by atoms with E-state index in [1.165, 1.54) is 14.2 Å². The van der Waals surface area contributed by atoms with E-state index in [1.54, 1.807) is 30.3 Å². The van der Waals surface area contributed by atoms with Gasteiger partial charge in [-0.25, -0.2) is 0 Å². The summed E-state index contributed by atoms with van der Waals surface area (Å²) in [6, 6.07) is 26.1. The summed E-state index contributed by atoms with van der Waals surface area (Å²) < 4.78 is 11.1. The Labute approximate surface area is 249 Å². The summed E-state index contributed by atoms with van der Waals surface area (Å²) in [7, 11) is 3.03. The van der Waals surface area contributed by atoms with Crippen molar-refractivity contribution >= 4 is 29.2 Å². The third-order valence-electron chi connectivity index (χ3n) is 9.13. The molecule has 0 saturated carbocycles. The van der Waals surface area contributed by atoms with E-state index in [2.05, 4.69) is 5.32 Å². The Hall–Kier alpha value is -5.17. The van der Waals surface area contributed by atoms with Crippen LogP contribution in [-0.2, 0) is 10.2 Å². The molecule has 1 N–H and O–H groups in total. The number of para-hydroxylation sites is 1. The molecule has 0 radical (unpaired) electrons. The van der Waals surface area contributed by atoms with Crippen LogP contribution in [0.4, 0.5) is 5.69 Å². The molecule has 1 spiro atoms. The number of aryl methyl sites for hydroxylation is 1. The predicted octanol–water partition coefficient (Wildman–Crippen LogP) is 5.99. The number of nitrogens with one attached hydrogen (secondary N) is 1. The molecule has 0 aliphatic carbocycles. The molecule has 4 aromatic rings. The summed E-state index contributed by atoms with van der Waals surface area (Å²) in [4.78, 5) is 46.4. The van der Waals surface area contributed by atoms with Crippen molar-refractivity contribution in [2.24, 2.45) is 5.92 Å². The normalized spacial score (nSPS) is 22.9. The molecule has 1 fully saturated rings. The Morgan fingerprint density at radius 2 is 1.60 bits per heavy atom. The van der Waals surface area contributed by atoms with Crippen molar-refractivity contribution in [3.63, 3.8) is 0 Å². The van der Waals surface area contributed by atoms with Gasteiger partial charge >= 0.3 is 0 Å². The molecule has 7 nitrogen and oxygen atoms in total. The summed E-state index contributed by atoms with van der Waals surface area (Å²) >= 11 is 0. The lowest BCUT2D eigenvalue weighted by molar-refractivity contribution is -0.122. The Bertz CT molecular complexity index is 1830. The second-order valence-corrected chi connectivity index (χ2v) is 11.2. The van der Waals surface area contributed by atoms with Crippen molar-refractivity contribution in [1.82, 2.24) is 4.90 Å². The highest BCUT2D eigenvalue weighted by Crippen LogP contribution is 2.62. The van der Waals surface area contributed by atoms with Gasteiger partial charge in [0.25, 0.3) is 0 Å². The molecular weight excluding hydrogens is 540 g/mol. The second kappa shape index (κ2) is 9.98. The van der Waals surface area contributed by atoms with Gasteiger partial charge in [0.2, 0.25) is 5.91 Å². The molecule has 0 aromatic heterocycles. The van der Waals surface area contributed by atoms with E-state index in [1.807, 2.05) is 84.8 Å². The number of hydrogen-bond acceptors (Lipinski definition) is 6. The summed E-state index contributed by atoms with van der Waals surface area (Å²) in [5, 5.41) is 3.08. The number of methoxy groups -OCH3 is 2. The minimum absolute atomic E-state index is 0.233. The third-order valence-corrected chi connectivity index (χ3v) is 9.13. The van der Waals surface area contributed by atoms with Crippen molar-refractivity contribution in [2.45, 2.75) is 24.4 Å². The predicted molar refractivity (Wildman–Crippen MR) is 163 cm³/mol. The molecule has 1 saturated heterocycles. The molecule has 4 aromatic carbocycles. The van der Waals surface area contributed by atoms with Gasteiger partial charge in [0.05, 0.1) is 31.7 Å². The van der Waals surface area contributed by atoms with E-state index < -0.39 is 23.4 Å². The number of amides is 1. The van der Waals surface area contributed by atoms with E-state index in [0.29, 0.717) is 28.3 Å². The van der Waals surface area contributed by atoms with Crippen molar-refractivity contribution < 1.29 is 23.9 Å². The lowest BCUT2D eigenvalue weighted by atomic mass is 9.62. The Kier molecular flexibility index (Phi) is 6.20. The SMILES string of the molecule is COc1ccc(OC)c(C(=O)[C@@H]2[C@H](C(=O)c3ccc(C)cc3)N3C=Cc4ccccc4[C@@H]3[C@]23C(=O)Nc2ccccc23)c1. The van der Waals surface area contributed by atoms with Gasteiger partial charge < -0.3 is 19.7 Å². The van der Waals surface area contributed by atoms with Crippen LogP contribution in [0.3, 0.4) is 0 Å². The van der Waals surface area contributed by atoms with Crippen molar-refractivity contribution in [1.29, 1.82) is 0 Å². The number of anilines is 1. The third kappa shape index (κ3) is 3.77. The lowest BCUT2D eigenvalue weighted by Crippen LogP contribution is -2.49. The number of nitrogens with zero attached hydrogens (tertiary/aromatic N) is 1. The minimum atomic E-state index is -1.42. The van der Waals surface area contributed by atoms with Crippen LogP contribution in [0, 0.1) is 12.8 Å². The summed E-state index contributed by atoms with van der Waals surface area (Å²) in [5.41, 5.74) is 3.47. The largest absolute Gasteiger partial charge is 0.497 e. The zero-order chi connectivity index (χ0) is 29.9. The minimum Gasteiger partial charge on any atom is -0.497 e. The van der Waals surface area contributed by atoms with Gasteiger partial charge in [-0.15, -0.1) is 0 Å². The average Bonchev–Trinajstić information content (AvgIpc) is 3.52. The van der Waals surface area contributed by atoms with Gasteiger partial charge in [0, 0.05) is 17.5 Å². The summed E-state index contributed by atoms with van der Waals surface area (Å²) in [6.07, 6.45) is 3.82. The van der Waals surface area contributed by atoms with Gasteiger partial charge in [-0.3, -0.25) is 14.4 Å². The maximum atomic E-state index is 15.1. The smallest absolute Gasteiger partial charge is 0.238 e. The van der Waals surface area contributed by atoms with E-state index >= 15 is 4.79 Å². The molecule has 0 unspecified atom stereocenters. The van der Waals surface area contributed by atoms with E-state index in [4.69, 9.17) is 9.47 Å². The molecular formula is C36H30N2O5. The number of Topliss-reactive ketones (excluding diaryl/α,β-unsaturated/α-hetero) is 2. The zero-order valence-corrected chi connectivity index (χ0v) is 24.0. The van der Waals surface area contributed by atoms with Gasteiger partial charge in [-0.2, -0.15) is 0 Å². The van der Waals surface area contributed by atoms with Crippen LogP contribution in [0.2, 0.25) is 0 Å². The Morgan fingerprint density at radius 3 is 2.37 bits per heavy atom. The monoisotopic (exact) mass is 570 g/mol. The Morgan fingerprint density at radius 1 is 0.860 bits per heavy atom. The molecule has 3 heterocycles. The maximum Gasteiger partial charge on any atom is 0.238 e. The van der Waals surface area contributed by atoms with Crippen LogP contribution >= 0.6 is 0 Å². The van der Waals surface area contributed by atoms with Gasteiger partial charge in [0.15, 0.2) is 11.6 Å². The van der Waals surface area contributed by atoms with Crippen LogP contribution in [-0.4, -0.2) is 42.6 Å². The fourth-order valence-electron chi connectivity index (χ4n) is 7.23. The molecule has 3 aliphatic rings. The first-order valence-electron chi connectivity index (χ1n) is 14.2. The fourth-order valence-corrected chi connectivity index (χ4v) is 7.23. The van der Waals surface area contributed by atoms with Gasteiger partial charge in [0.1, 0.15) is 23.0 Å². The van der Waals surface area contributed by atoms with Crippen molar-refractivity contribution in [2.75, 3.05) is 19.5 Å². The number of carbonyl (C=O) groups is 3. The number of ketones is 2. The number of carbonyl (C=O) groups excluding carboxylic acids is 3. The highest BCUT2D eigenvalue weighted by Gasteiger charge is 2.70.